The summed E-state index contributed by atoms with van der Waals surface area (Å²) in [4.78, 5) is 15.0. The van der Waals surface area contributed by atoms with Crippen LogP contribution >= 0.6 is 15.9 Å². The van der Waals surface area contributed by atoms with Crippen LogP contribution in [0.5, 0.6) is 11.5 Å². The average molecular weight is 446 g/mol. The van der Waals surface area contributed by atoms with Crippen molar-refractivity contribution in [3.63, 3.8) is 0 Å². The molecule has 27 heavy (non-hydrogen) atoms. The van der Waals surface area contributed by atoms with Crippen molar-refractivity contribution in [3.05, 3.63) is 60.7 Å². The number of benzene rings is 2. The van der Waals surface area contributed by atoms with Crippen LogP contribution in [0, 0.1) is 0 Å². The van der Waals surface area contributed by atoms with Crippen molar-refractivity contribution in [3.8, 4) is 11.5 Å². The Bertz CT molecular complexity index is 656. The first-order chi connectivity index (χ1) is 12.6. The Hall–Kier alpha value is -1.54. The molecular formula is C19H21BrNNaO5. The predicted molar refractivity (Wildman–Crippen MR) is 102 cm³/mol. The van der Waals surface area contributed by atoms with Gasteiger partial charge in [-0.05, 0) is 31.2 Å². The number of oxime groups is 1. The Kier molecular flexibility index (Phi) is 15.7. The molecule has 0 spiro atoms. The number of carboxylic acid groups (broad SMARTS) is 1. The molecule has 140 valence electrons. The smallest absolute Gasteiger partial charge is 0.543 e. The third-order valence-electron chi connectivity index (χ3n) is 2.77. The summed E-state index contributed by atoms with van der Waals surface area (Å²) in [5, 5.41) is 14.4. The summed E-state index contributed by atoms with van der Waals surface area (Å²) >= 11 is 3.28. The first-order valence-corrected chi connectivity index (χ1v) is 9.05. The molecule has 0 saturated carbocycles. The zero-order valence-electron chi connectivity index (χ0n) is 15.5. The third kappa shape index (κ3) is 13.3. The van der Waals surface area contributed by atoms with Gasteiger partial charge in [-0.25, -0.2) is 0 Å². The van der Waals surface area contributed by atoms with Gasteiger partial charge in [-0.3, -0.25) is 0 Å². The van der Waals surface area contributed by atoms with Gasteiger partial charge in [0.05, 0.1) is 18.3 Å². The summed E-state index contributed by atoms with van der Waals surface area (Å²) in [5.41, 5.74) is -0.195. The fourth-order valence-corrected chi connectivity index (χ4v) is 1.73. The van der Waals surface area contributed by atoms with Gasteiger partial charge in [-0.15, -0.1) is 0 Å². The molecule has 6 nitrogen and oxygen atoms in total. The second-order valence-electron chi connectivity index (χ2n) is 4.81. The fourth-order valence-electron chi connectivity index (χ4n) is 1.57. The first-order valence-electron chi connectivity index (χ1n) is 7.93. The molecule has 2 aromatic carbocycles. The summed E-state index contributed by atoms with van der Waals surface area (Å²) in [5.74, 6) is 0.317. The minimum Gasteiger partial charge on any atom is -0.543 e. The average Bonchev–Trinajstić information content (AvgIpc) is 2.68. The zero-order chi connectivity index (χ0) is 19.0. The molecule has 0 saturated heterocycles. The molecule has 0 unspecified atom stereocenters. The number of hydrogen-bond donors (Lipinski definition) is 0. The van der Waals surface area contributed by atoms with Gasteiger partial charge in [0, 0.05) is 5.33 Å². The Morgan fingerprint density at radius 2 is 1.41 bits per heavy atom. The number of carbonyl (C=O) groups is 1. The SMILES string of the molecule is BrCCOc1ccccc1.CC(=NOCCOc1ccccc1)C(=O)[O-].[Na+]. The molecule has 0 N–H and O–H groups in total. The van der Waals surface area contributed by atoms with Crippen LogP contribution in [-0.4, -0.2) is 36.8 Å². The molecule has 2 rings (SSSR count). The van der Waals surface area contributed by atoms with Crippen LogP contribution in [0.2, 0.25) is 0 Å². The van der Waals surface area contributed by atoms with Crippen LogP contribution in [0.25, 0.3) is 0 Å². The van der Waals surface area contributed by atoms with Crippen LogP contribution < -0.4 is 44.1 Å². The van der Waals surface area contributed by atoms with Crippen molar-refractivity contribution in [2.45, 2.75) is 6.92 Å². The van der Waals surface area contributed by atoms with Crippen LogP contribution in [-0.2, 0) is 9.63 Å². The van der Waals surface area contributed by atoms with Crippen molar-refractivity contribution < 1.29 is 53.8 Å². The third-order valence-corrected chi connectivity index (χ3v) is 3.10. The number of alkyl halides is 1. The van der Waals surface area contributed by atoms with E-state index in [0.717, 1.165) is 23.4 Å². The molecule has 0 atom stereocenters. The molecule has 2 aromatic rings. The van der Waals surface area contributed by atoms with Crippen molar-refractivity contribution in [1.82, 2.24) is 0 Å². The maximum absolute atomic E-state index is 10.2. The second-order valence-corrected chi connectivity index (χ2v) is 5.60. The van der Waals surface area contributed by atoms with Gasteiger partial charge in [0.15, 0.2) is 6.61 Å². The standard InChI is InChI=1S/C11H13NO4.C8H9BrO.Na/c1-9(11(13)14)12-16-8-7-15-10-5-3-2-4-6-10;9-6-7-10-8-4-2-1-3-5-8;/h2-6H,7-8H2,1H3,(H,13,14);1-5H,6-7H2;/q;;+1/p-1. The summed E-state index contributed by atoms with van der Waals surface area (Å²) in [6, 6.07) is 19.0. The van der Waals surface area contributed by atoms with Gasteiger partial charge in [0.1, 0.15) is 18.1 Å². The number of halogens is 1. The predicted octanol–water partition coefficient (Wildman–Crippen LogP) is -0.328. The maximum atomic E-state index is 10.2. The van der Waals surface area contributed by atoms with E-state index in [1.807, 2.05) is 60.7 Å². The summed E-state index contributed by atoms with van der Waals surface area (Å²) in [7, 11) is 0. The molecule has 0 heterocycles. The largest absolute Gasteiger partial charge is 1.00 e. The molecule has 0 aliphatic carbocycles. The number of rotatable bonds is 9. The minimum atomic E-state index is -1.34. The van der Waals surface area contributed by atoms with E-state index in [4.69, 9.17) is 14.3 Å². The molecule has 8 heteroatoms. The van der Waals surface area contributed by atoms with Crippen LogP contribution in [0.4, 0.5) is 0 Å². The van der Waals surface area contributed by atoms with Gasteiger partial charge in [0.25, 0.3) is 0 Å². The van der Waals surface area contributed by atoms with E-state index in [0.29, 0.717) is 6.61 Å². The maximum Gasteiger partial charge on any atom is 1.00 e. The number of aliphatic carboxylic acids is 1. The number of para-hydroxylation sites is 2. The van der Waals surface area contributed by atoms with Gasteiger partial charge in [-0.1, -0.05) is 57.5 Å². The van der Waals surface area contributed by atoms with Gasteiger partial charge in [-0.2, -0.15) is 0 Å². The Labute approximate surface area is 189 Å². The van der Waals surface area contributed by atoms with Crippen molar-refractivity contribution in [2.24, 2.45) is 5.16 Å². The molecule has 0 radical (unpaired) electrons. The summed E-state index contributed by atoms with van der Waals surface area (Å²) in [6.07, 6.45) is 0. The number of hydrogen-bond acceptors (Lipinski definition) is 6. The molecular weight excluding hydrogens is 425 g/mol. The van der Waals surface area contributed by atoms with E-state index in [1.54, 1.807) is 0 Å². The molecule has 0 aliphatic heterocycles. The normalized spacial score (nSPS) is 9.93. The number of ether oxygens (including phenoxy) is 2. The van der Waals surface area contributed by atoms with Crippen molar-refractivity contribution in [1.29, 1.82) is 0 Å². The van der Waals surface area contributed by atoms with Gasteiger partial charge >= 0.3 is 29.6 Å². The van der Waals surface area contributed by atoms with E-state index in [-0.39, 0.29) is 41.9 Å². The van der Waals surface area contributed by atoms with E-state index < -0.39 is 5.97 Å². The van der Waals surface area contributed by atoms with Crippen LogP contribution in [0.3, 0.4) is 0 Å². The van der Waals surface area contributed by atoms with E-state index in [2.05, 4.69) is 21.1 Å². The number of carboxylic acids is 1. The topological polar surface area (TPSA) is 80.2 Å². The van der Waals surface area contributed by atoms with Crippen molar-refractivity contribution in [2.75, 3.05) is 25.2 Å². The van der Waals surface area contributed by atoms with Gasteiger partial charge < -0.3 is 24.2 Å². The summed E-state index contributed by atoms with van der Waals surface area (Å²) in [6.45, 7) is 2.50. The first kappa shape index (κ1) is 25.5. The van der Waals surface area contributed by atoms with Gasteiger partial charge in [0.2, 0.25) is 0 Å². The molecule has 0 bridgehead atoms. The Morgan fingerprint density at radius 1 is 0.926 bits per heavy atom. The second kappa shape index (κ2) is 16.6. The summed E-state index contributed by atoms with van der Waals surface area (Å²) < 4.78 is 10.6. The van der Waals surface area contributed by atoms with Crippen LogP contribution in [0.1, 0.15) is 6.92 Å². The van der Waals surface area contributed by atoms with E-state index >= 15 is 0 Å². The van der Waals surface area contributed by atoms with Crippen LogP contribution in [0.15, 0.2) is 65.8 Å². The van der Waals surface area contributed by atoms with E-state index in [1.165, 1.54) is 6.92 Å². The molecule has 0 aliphatic rings. The molecule has 0 aromatic heterocycles. The Morgan fingerprint density at radius 3 is 1.85 bits per heavy atom. The Balaban J connectivity index is 0.000000531. The zero-order valence-corrected chi connectivity index (χ0v) is 19.1. The molecule has 0 fully saturated rings. The fraction of sp³-hybridized carbons (Fsp3) is 0.263. The quantitative estimate of drug-likeness (QED) is 0.173. The molecule has 0 amide bonds. The number of carbonyl (C=O) groups excluding carboxylic acids is 1. The monoisotopic (exact) mass is 445 g/mol. The number of nitrogens with zero attached hydrogens (tertiary/aromatic N) is 1. The minimum absolute atomic E-state index is 0. The van der Waals surface area contributed by atoms with E-state index in [9.17, 15) is 9.90 Å². The van der Waals surface area contributed by atoms with Crippen molar-refractivity contribution >= 4 is 27.6 Å².